The molecule has 4 aromatic rings. The number of thiophene rings is 1. The predicted octanol–water partition coefficient (Wildman–Crippen LogP) is 6.99. The van der Waals surface area contributed by atoms with Gasteiger partial charge in [0.05, 0.1) is 5.69 Å². The second kappa shape index (κ2) is 6.48. The first-order valence-corrected chi connectivity index (χ1v) is 10.2. The van der Waals surface area contributed by atoms with Crippen LogP contribution in [0, 0.1) is 11.7 Å². The van der Waals surface area contributed by atoms with Crippen LogP contribution < -0.4 is 0 Å². The molecule has 0 amide bonds. The van der Waals surface area contributed by atoms with E-state index in [4.69, 9.17) is 0 Å². The van der Waals surface area contributed by atoms with E-state index < -0.39 is 0 Å². The van der Waals surface area contributed by atoms with Gasteiger partial charge in [-0.1, -0.05) is 37.8 Å². The maximum absolute atomic E-state index is 14.4. The number of pyridine rings is 1. The van der Waals surface area contributed by atoms with E-state index in [0.717, 1.165) is 43.8 Å². The van der Waals surface area contributed by atoms with Gasteiger partial charge in [0.2, 0.25) is 0 Å². The van der Waals surface area contributed by atoms with Crippen LogP contribution in [-0.4, -0.2) is 4.98 Å². The maximum atomic E-state index is 14.4. The van der Waals surface area contributed by atoms with Crippen LogP contribution in [0.2, 0.25) is 0 Å². The first-order valence-electron chi connectivity index (χ1n) is 9.34. The second-order valence-corrected chi connectivity index (χ2v) is 8.41. The highest BCUT2D eigenvalue weighted by atomic mass is 32.1. The Bertz CT molecular complexity index is 1090. The molecule has 0 bridgehead atoms. The molecule has 0 radical (unpaired) electrons. The third-order valence-electron chi connectivity index (χ3n) is 5.56. The van der Waals surface area contributed by atoms with Gasteiger partial charge in [-0.3, -0.25) is 4.98 Å². The molecule has 0 aliphatic heterocycles. The number of halogens is 1. The molecule has 0 saturated heterocycles. The Labute approximate surface area is 156 Å². The van der Waals surface area contributed by atoms with Crippen LogP contribution in [-0.2, 0) is 6.42 Å². The summed E-state index contributed by atoms with van der Waals surface area (Å²) in [5, 5.41) is 1.72. The summed E-state index contributed by atoms with van der Waals surface area (Å²) in [5.41, 5.74) is 3.41. The first kappa shape index (κ1) is 16.0. The average Bonchev–Trinajstić information content (AvgIpc) is 3.29. The van der Waals surface area contributed by atoms with E-state index in [1.807, 2.05) is 12.3 Å². The SMILES string of the molecule is Fc1cccc2sc3ccc(-c4cc(CC5CCCC5)ccn4)cc3c12. The van der Waals surface area contributed by atoms with Gasteiger partial charge in [-0.25, -0.2) is 4.39 Å². The van der Waals surface area contributed by atoms with Gasteiger partial charge in [-0.2, -0.15) is 0 Å². The summed E-state index contributed by atoms with van der Waals surface area (Å²) >= 11 is 1.64. The number of fused-ring (bicyclic) bond motifs is 3. The van der Waals surface area contributed by atoms with Gasteiger partial charge >= 0.3 is 0 Å². The lowest BCUT2D eigenvalue weighted by atomic mass is 9.97. The van der Waals surface area contributed by atoms with Crippen molar-refractivity contribution < 1.29 is 4.39 Å². The predicted molar refractivity (Wildman–Crippen MR) is 108 cm³/mol. The van der Waals surface area contributed by atoms with Crippen LogP contribution in [0.15, 0.2) is 54.7 Å². The molecule has 0 atom stereocenters. The quantitative estimate of drug-likeness (QED) is 0.383. The van der Waals surface area contributed by atoms with Crippen molar-refractivity contribution >= 4 is 31.5 Å². The van der Waals surface area contributed by atoms with Gasteiger partial charge in [0, 0.05) is 31.9 Å². The number of rotatable bonds is 3. The smallest absolute Gasteiger partial charge is 0.132 e. The molecule has 26 heavy (non-hydrogen) atoms. The fraction of sp³-hybridized carbons (Fsp3) is 0.261. The van der Waals surface area contributed by atoms with E-state index >= 15 is 0 Å². The summed E-state index contributed by atoms with van der Waals surface area (Å²) in [6, 6.07) is 16.0. The molecule has 2 aromatic heterocycles. The zero-order valence-corrected chi connectivity index (χ0v) is 15.4. The van der Waals surface area contributed by atoms with E-state index in [9.17, 15) is 4.39 Å². The minimum absolute atomic E-state index is 0.145. The zero-order chi connectivity index (χ0) is 17.5. The molecular weight excluding hydrogens is 341 g/mol. The summed E-state index contributed by atoms with van der Waals surface area (Å²) < 4.78 is 16.5. The molecule has 3 heteroatoms. The largest absolute Gasteiger partial charge is 0.256 e. The van der Waals surface area contributed by atoms with Gasteiger partial charge < -0.3 is 0 Å². The number of aromatic nitrogens is 1. The minimum atomic E-state index is -0.145. The van der Waals surface area contributed by atoms with Gasteiger partial charge in [-0.15, -0.1) is 11.3 Å². The molecule has 0 unspecified atom stereocenters. The van der Waals surface area contributed by atoms with Crippen molar-refractivity contribution in [2.75, 3.05) is 0 Å². The Hall–Kier alpha value is -2.26. The van der Waals surface area contributed by atoms with Gasteiger partial charge in [0.15, 0.2) is 0 Å². The lowest BCUT2D eigenvalue weighted by Crippen LogP contribution is -1.99. The summed E-state index contributed by atoms with van der Waals surface area (Å²) in [6.45, 7) is 0. The fourth-order valence-corrected chi connectivity index (χ4v) is 5.35. The monoisotopic (exact) mass is 361 g/mol. The molecule has 130 valence electrons. The van der Waals surface area contributed by atoms with Crippen molar-refractivity contribution in [3.05, 3.63) is 66.1 Å². The van der Waals surface area contributed by atoms with Gasteiger partial charge in [0.1, 0.15) is 5.82 Å². The first-order chi connectivity index (χ1) is 12.8. The molecule has 1 fully saturated rings. The zero-order valence-electron chi connectivity index (χ0n) is 14.5. The Morgan fingerprint density at radius 1 is 1.00 bits per heavy atom. The summed E-state index contributed by atoms with van der Waals surface area (Å²) in [5.74, 6) is 0.677. The van der Waals surface area contributed by atoms with Gasteiger partial charge in [0.25, 0.3) is 0 Å². The Kier molecular flexibility index (Phi) is 3.97. The van der Waals surface area contributed by atoms with Crippen LogP contribution in [0.4, 0.5) is 4.39 Å². The Morgan fingerprint density at radius 2 is 1.88 bits per heavy atom. The van der Waals surface area contributed by atoms with Crippen LogP contribution in [0.3, 0.4) is 0 Å². The van der Waals surface area contributed by atoms with Crippen molar-refractivity contribution in [3.8, 4) is 11.3 Å². The topological polar surface area (TPSA) is 12.9 Å². The number of hydrogen-bond donors (Lipinski definition) is 0. The van der Waals surface area contributed by atoms with E-state index in [2.05, 4.69) is 35.3 Å². The maximum Gasteiger partial charge on any atom is 0.132 e. The Balaban J connectivity index is 1.57. The minimum Gasteiger partial charge on any atom is -0.256 e. The van der Waals surface area contributed by atoms with Crippen molar-refractivity contribution in [3.63, 3.8) is 0 Å². The summed E-state index contributed by atoms with van der Waals surface area (Å²) in [7, 11) is 0. The van der Waals surface area contributed by atoms with E-state index in [0.29, 0.717) is 0 Å². The van der Waals surface area contributed by atoms with Crippen LogP contribution in [0.5, 0.6) is 0 Å². The normalized spacial score (nSPS) is 15.3. The van der Waals surface area contributed by atoms with Crippen LogP contribution in [0.25, 0.3) is 31.4 Å². The number of nitrogens with zero attached hydrogens (tertiary/aromatic N) is 1. The highest BCUT2D eigenvalue weighted by molar-refractivity contribution is 7.25. The molecule has 1 nitrogen and oxygen atoms in total. The van der Waals surface area contributed by atoms with E-state index in [1.165, 1.54) is 31.2 Å². The summed E-state index contributed by atoms with van der Waals surface area (Å²) in [4.78, 5) is 4.59. The standard InChI is InChI=1S/C23H20FNS/c24-19-6-3-7-22-23(19)18-14-17(8-9-21(18)26-22)20-13-16(10-11-25-20)12-15-4-1-2-5-15/h3,6-11,13-15H,1-2,4-5,12H2. The van der Waals surface area contributed by atoms with Crippen molar-refractivity contribution in [1.82, 2.24) is 4.98 Å². The molecule has 2 aromatic carbocycles. The third kappa shape index (κ3) is 2.80. The molecule has 2 heterocycles. The number of hydrogen-bond acceptors (Lipinski definition) is 2. The van der Waals surface area contributed by atoms with Crippen molar-refractivity contribution in [2.45, 2.75) is 32.1 Å². The second-order valence-electron chi connectivity index (χ2n) is 7.33. The molecule has 5 rings (SSSR count). The Morgan fingerprint density at radius 3 is 2.77 bits per heavy atom. The van der Waals surface area contributed by atoms with Crippen LogP contribution >= 0.6 is 11.3 Å². The van der Waals surface area contributed by atoms with Crippen molar-refractivity contribution in [1.29, 1.82) is 0 Å². The van der Waals surface area contributed by atoms with E-state index in [1.54, 1.807) is 23.5 Å². The molecule has 1 aliphatic carbocycles. The fourth-order valence-electron chi connectivity index (χ4n) is 4.25. The lowest BCUT2D eigenvalue weighted by molar-refractivity contribution is 0.546. The molecule has 0 N–H and O–H groups in total. The van der Waals surface area contributed by atoms with E-state index in [-0.39, 0.29) is 5.82 Å². The summed E-state index contributed by atoms with van der Waals surface area (Å²) in [6.07, 6.45) is 8.50. The van der Waals surface area contributed by atoms with Crippen LogP contribution in [0.1, 0.15) is 31.2 Å². The lowest BCUT2D eigenvalue weighted by Gasteiger charge is -2.10. The average molecular weight is 361 g/mol. The van der Waals surface area contributed by atoms with Crippen molar-refractivity contribution in [2.24, 2.45) is 5.92 Å². The highest BCUT2D eigenvalue weighted by Gasteiger charge is 2.16. The number of benzene rings is 2. The molecule has 1 aliphatic rings. The molecule has 0 spiro atoms. The van der Waals surface area contributed by atoms with Gasteiger partial charge in [-0.05, 0) is 54.3 Å². The highest BCUT2D eigenvalue weighted by Crippen LogP contribution is 2.37. The molecule has 1 saturated carbocycles. The third-order valence-corrected chi connectivity index (χ3v) is 6.70. The molecular formula is C23H20FNS.